The molecule has 5 heteroatoms. The number of rotatable bonds is 6. The van der Waals surface area contributed by atoms with Gasteiger partial charge in [0.2, 0.25) is 11.8 Å². The number of hydrogen-bond donors (Lipinski definition) is 1. The summed E-state index contributed by atoms with van der Waals surface area (Å²) < 4.78 is 0. The third kappa shape index (κ3) is 3.96. The highest BCUT2D eigenvalue weighted by Crippen LogP contribution is 2.21. The topological polar surface area (TPSA) is 52.7 Å². The van der Waals surface area contributed by atoms with Gasteiger partial charge in [-0.05, 0) is 44.7 Å². The maximum Gasteiger partial charge on any atom is 0.245 e. The number of carbonyl (C=O) groups is 2. The zero-order valence-corrected chi connectivity index (χ0v) is 13.4. The summed E-state index contributed by atoms with van der Waals surface area (Å²) in [4.78, 5) is 28.4. The SMILES string of the molecule is CCNCC1CCN(C(=O)C(CC)N2CCCC2=O)CC1. The van der Waals surface area contributed by atoms with Gasteiger partial charge in [-0.25, -0.2) is 0 Å². The summed E-state index contributed by atoms with van der Waals surface area (Å²) in [6.45, 7) is 8.62. The van der Waals surface area contributed by atoms with Gasteiger partial charge in [0.05, 0.1) is 0 Å². The number of nitrogens with one attached hydrogen (secondary N) is 1. The van der Waals surface area contributed by atoms with Crippen LogP contribution in [-0.4, -0.2) is 60.4 Å². The predicted molar refractivity (Wildman–Crippen MR) is 82.9 cm³/mol. The van der Waals surface area contributed by atoms with Crippen molar-refractivity contribution in [2.75, 3.05) is 32.7 Å². The van der Waals surface area contributed by atoms with E-state index >= 15 is 0 Å². The molecule has 0 aromatic heterocycles. The monoisotopic (exact) mass is 295 g/mol. The van der Waals surface area contributed by atoms with Crippen molar-refractivity contribution in [3.63, 3.8) is 0 Å². The van der Waals surface area contributed by atoms with Gasteiger partial charge in [0, 0.05) is 26.1 Å². The van der Waals surface area contributed by atoms with E-state index in [1.54, 1.807) is 4.90 Å². The molecule has 0 aromatic rings. The molecule has 2 fully saturated rings. The number of piperidine rings is 1. The standard InChI is InChI=1S/C16H29N3O2/c1-3-14(19-9-5-6-15(19)20)16(21)18-10-7-13(8-11-18)12-17-4-2/h13-14,17H,3-12H2,1-2H3. The van der Waals surface area contributed by atoms with Crippen molar-refractivity contribution in [1.29, 1.82) is 0 Å². The maximum absolute atomic E-state index is 12.7. The van der Waals surface area contributed by atoms with E-state index in [1.165, 1.54) is 0 Å². The van der Waals surface area contributed by atoms with Crippen LogP contribution in [-0.2, 0) is 9.59 Å². The van der Waals surface area contributed by atoms with Crippen LogP contribution < -0.4 is 5.32 Å². The molecule has 2 aliphatic rings. The van der Waals surface area contributed by atoms with Gasteiger partial charge in [-0.1, -0.05) is 13.8 Å². The Bertz CT molecular complexity index is 365. The normalized spacial score (nSPS) is 21.9. The van der Waals surface area contributed by atoms with Crippen LogP contribution in [0.3, 0.4) is 0 Å². The van der Waals surface area contributed by atoms with Gasteiger partial charge in [0.25, 0.3) is 0 Å². The van der Waals surface area contributed by atoms with Gasteiger partial charge >= 0.3 is 0 Å². The van der Waals surface area contributed by atoms with Crippen LogP contribution in [0.15, 0.2) is 0 Å². The molecule has 0 radical (unpaired) electrons. The molecule has 0 spiro atoms. The lowest BCUT2D eigenvalue weighted by Crippen LogP contribution is -2.51. The molecule has 5 nitrogen and oxygen atoms in total. The molecular weight excluding hydrogens is 266 g/mol. The first kappa shape index (κ1) is 16.3. The fourth-order valence-corrected chi connectivity index (χ4v) is 3.44. The van der Waals surface area contributed by atoms with Crippen molar-refractivity contribution in [3.05, 3.63) is 0 Å². The van der Waals surface area contributed by atoms with Crippen LogP contribution in [0.1, 0.15) is 46.0 Å². The van der Waals surface area contributed by atoms with E-state index in [0.29, 0.717) is 12.3 Å². The summed E-state index contributed by atoms with van der Waals surface area (Å²) in [5, 5.41) is 3.39. The second-order valence-corrected chi connectivity index (χ2v) is 6.19. The number of hydrogen-bond acceptors (Lipinski definition) is 3. The summed E-state index contributed by atoms with van der Waals surface area (Å²) in [6.07, 6.45) is 4.37. The van der Waals surface area contributed by atoms with E-state index in [9.17, 15) is 9.59 Å². The summed E-state index contributed by atoms with van der Waals surface area (Å²) in [6, 6.07) is -0.231. The van der Waals surface area contributed by atoms with Gasteiger partial charge < -0.3 is 15.1 Å². The molecule has 0 aromatic carbocycles. The first-order chi connectivity index (χ1) is 10.2. The molecule has 0 saturated carbocycles. The van der Waals surface area contributed by atoms with Crippen LogP contribution in [0.2, 0.25) is 0 Å². The van der Waals surface area contributed by atoms with Crippen molar-refractivity contribution >= 4 is 11.8 Å². The van der Waals surface area contributed by atoms with Crippen molar-refractivity contribution in [2.24, 2.45) is 5.92 Å². The zero-order chi connectivity index (χ0) is 15.2. The second kappa shape index (κ2) is 7.78. The third-order valence-corrected chi connectivity index (χ3v) is 4.77. The van der Waals surface area contributed by atoms with Crippen molar-refractivity contribution in [1.82, 2.24) is 15.1 Å². The van der Waals surface area contributed by atoms with Gasteiger partial charge in [-0.15, -0.1) is 0 Å². The van der Waals surface area contributed by atoms with Crippen LogP contribution in [0.5, 0.6) is 0 Å². The molecule has 2 rings (SSSR count). The Morgan fingerprint density at radius 3 is 2.52 bits per heavy atom. The number of likely N-dealkylation sites (tertiary alicyclic amines) is 2. The van der Waals surface area contributed by atoms with E-state index in [4.69, 9.17) is 0 Å². The number of amides is 2. The second-order valence-electron chi connectivity index (χ2n) is 6.19. The van der Waals surface area contributed by atoms with Crippen molar-refractivity contribution in [2.45, 2.75) is 52.0 Å². The van der Waals surface area contributed by atoms with E-state index in [1.807, 2.05) is 11.8 Å². The molecule has 2 heterocycles. The Kier molecular flexibility index (Phi) is 6.03. The summed E-state index contributed by atoms with van der Waals surface area (Å²) in [5.74, 6) is 0.995. The van der Waals surface area contributed by atoms with Gasteiger partial charge in [0.1, 0.15) is 6.04 Å². The van der Waals surface area contributed by atoms with Crippen molar-refractivity contribution < 1.29 is 9.59 Å². The smallest absolute Gasteiger partial charge is 0.245 e. The van der Waals surface area contributed by atoms with Crippen LogP contribution in [0, 0.1) is 5.92 Å². The summed E-state index contributed by atoms with van der Waals surface area (Å²) in [7, 11) is 0. The Morgan fingerprint density at radius 2 is 2.00 bits per heavy atom. The van der Waals surface area contributed by atoms with Crippen LogP contribution >= 0.6 is 0 Å². The Morgan fingerprint density at radius 1 is 1.29 bits per heavy atom. The first-order valence-electron chi connectivity index (χ1n) is 8.46. The predicted octanol–water partition coefficient (Wildman–Crippen LogP) is 1.24. The minimum Gasteiger partial charge on any atom is -0.341 e. The molecule has 1 atom stereocenters. The molecule has 0 bridgehead atoms. The minimum atomic E-state index is -0.231. The molecule has 1 unspecified atom stereocenters. The maximum atomic E-state index is 12.7. The fraction of sp³-hybridized carbons (Fsp3) is 0.875. The van der Waals surface area contributed by atoms with Crippen LogP contribution in [0.25, 0.3) is 0 Å². The summed E-state index contributed by atoms with van der Waals surface area (Å²) in [5.41, 5.74) is 0. The summed E-state index contributed by atoms with van der Waals surface area (Å²) >= 11 is 0. The molecule has 2 saturated heterocycles. The zero-order valence-electron chi connectivity index (χ0n) is 13.4. The Balaban J connectivity index is 1.86. The van der Waals surface area contributed by atoms with Gasteiger partial charge in [-0.2, -0.15) is 0 Å². The molecule has 0 aliphatic carbocycles. The first-order valence-corrected chi connectivity index (χ1v) is 8.46. The van der Waals surface area contributed by atoms with E-state index in [-0.39, 0.29) is 17.9 Å². The average molecular weight is 295 g/mol. The quantitative estimate of drug-likeness (QED) is 0.802. The number of carbonyl (C=O) groups excluding carboxylic acids is 2. The molecule has 21 heavy (non-hydrogen) atoms. The molecule has 120 valence electrons. The molecule has 2 amide bonds. The molecular formula is C16H29N3O2. The van der Waals surface area contributed by atoms with E-state index in [0.717, 1.165) is 58.4 Å². The fourth-order valence-electron chi connectivity index (χ4n) is 3.44. The van der Waals surface area contributed by atoms with Crippen molar-refractivity contribution in [3.8, 4) is 0 Å². The lowest BCUT2D eigenvalue weighted by atomic mass is 9.96. The Labute approximate surface area is 128 Å². The highest BCUT2D eigenvalue weighted by molar-refractivity contribution is 5.88. The lowest BCUT2D eigenvalue weighted by Gasteiger charge is -2.36. The Hall–Kier alpha value is -1.10. The highest BCUT2D eigenvalue weighted by Gasteiger charge is 2.35. The molecule has 2 aliphatic heterocycles. The largest absolute Gasteiger partial charge is 0.341 e. The van der Waals surface area contributed by atoms with E-state index in [2.05, 4.69) is 12.2 Å². The lowest BCUT2D eigenvalue weighted by molar-refractivity contribution is -0.144. The third-order valence-electron chi connectivity index (χ3n) is 4.77. The van der Waals surface area contributed by atoms with Crippen LogP contribution in [0.4, 0.5) is 0 Å². The average Bonchev–Trinajstić information content (AvgIpc) is 2.92. The molecule has 1 N–H and O–H groups in total. The highest BCUT2D eigenvalue weighted by atomic mass is 16.2. The number of nitrogens with zero attached hydrogens (tertiary/aromatic N) is 2. The van der Waals surface area contributed by atoms with E-state index < -0.39 is 0 Å². The van der Waals surface area contributed by atoms with Gasteiger partial charge in [0.15, 0.2) is 0 Å². The van der Waals surface area contributed by atoms with Gasteiger partial charge in [-0.3, -0.25) is 9.59 Å². The minimum absolute atomic E-state index is 0.150.